The number of nitrogens with zero attached hydrogens (tertiary/aromatic N) is 2. The molecule has 0 fully saturated rings. The van der Waals surface area contributed by atoms with Crippen LogP contribution in [-0.4, -0.2) is 16.7 Å². The quantitative estimate of drug-likeness (QED) is 0.490. The molecule has 0 saturated heterocycles. The van der Waals surface area contributed by atoms with Crippen molar-refractivity contribution >= 4 is 34.8 Å². The Morgan fingerprint density at radius 3 is 2.82 bits per heavy atom. The molecule has 1 aromatic heterocycles. The molecule has 4 rings (SSSR count). The third kappa shape index (κ3) is 3.88. The van der Waals surface area contributed by atoms with Gasteiger partial charge in [0.05, 0.1) is 11.6 Å². The zero-order valence-corrected chi connectivity index (χ0v) is 16.4. The largest absolute Gasteiger partial charge is 0.454 e. The number of halogens is 2. The fourth-order valence-corrected chi connectivity index (χ4v) is 3.66. The van der Waals surface area contributed by atoms with E-state index >= 15 is 0 Å². The molecule has 2 heterocycles. The van der Waals surface area contributed by atoms with E-state index < -0.39 is 5.82 Å². The smallest absolute Gasteiger partial charge is 0.231 e. The molecule has 28 heavy (non-hydrogen) atoms. The van der Waals surface area contributed by atoms with Gasteiger partial charge >= 0.3 is 0 Å². The molecule has 2 aromatic carbocycles. The molecule has 0 bridgehead atoms. The van der Waals surface area contributed by atoms with Crippen LogP contribution < -0.4 is 20.3 Å². The van der Waals surface area contributed by atoms with Crippen LogP contribution in [0.5, 0.6) is 11.5 Å². The Bertz CT molecular complexity index is 1130. The summed E-state index contributed by atoms with van der Waals surface area (Å²) in [4.78, 5) is 5.61. The second-order valence-electron chi connectivity index (χ2n) is 6.11. The van der Waals surface area contributed by atoms with E-state index in [2.05, 4.69) is 10.3 Å². The predicted molar refractivity (Wildman–Crippen MR) is 107 cm³/mol. The molecule has 0 radical (unpaired) electrons. The van der Waals surface area contributed by atoms with Crippen LogP contribution in [0.2, 0.25) is 5.02 Å². The van der Waals surface area contributed by atoms with Crippen molar-refractivity contribution in [1.82, 2.24) is 3.96 Å². The number of rotatable bonds is 3. The first-order chi connectivity index (χ1) is 13.5. The van der Waals surface area contributed by atoms with Gasteiger partial charge in [0.2, 0.25) is 12.8 Å². The molecule has 0 spiro atoms. The van der Waals surface area contributed by atoms with Gasteiger partial charge in [0.1, 0.15) is 11.3 Å². The van der Waals surface area contributed by atoms with Gasteiger partial charge in [0.25, 0.3) is 0 Å². The minimum Gasteiger partial charge on any atom is -0.454 e. The number of benzene rings is 2. The van der Waals surface area contributed by atoms with Crippen LogP contribution in [-0.2, 0) is 6.54 Å². The molecule has 0 saturated carbocycles. The van der Waals surface area contributed by atoms with Crippen molar-refractivity contribution in [3.8, 4) is 11.5 Å². The van der Waals surface area contributed by atoms with Gasteiger partial charge in [0.15, 0.2) is 11.5 Å². The number of ether oxygens (including phenoxy) is 2. The highest BCUT2D eigenvalue weighted by atomic mass is 35.5. The number of fused-ring (bicyclic) bond motifs is 1. The normalized spacial score (nSPS) is 13.0. The molecule has 6 nitrogen and oxygen atoms in total. The molecule has 2 N–H and O–H groups in total. The molecular weight excluding hydrogens is 403 g/mol. The molecule has 1 aliphatic rings. The van der Waals surface area contributed by atoms with Crippen LogP contribution in [0.15, 0.2) is 47.5 Å². The summed E-state index contributed by atoms with van der Waals surface area (Å²) < 4.78 is 25.9. The average molecular weight is 419 g/mol. The van der Waals surface area contributed by atoms with Crippen molar-refractivity contribution in [2.75, 3.05) is 12.1 Å². The third-order valence-corrected chi connectivity index (χ3v) is 5.26. The number of aryl methyl sites for hydroxylation is 1. The van der Waals surface area contributed by atoms with Gasteiger partial charge in [-0.15, -0.1) is 0 Å². The second kappa shape index (κ2) is 7.65. The van der Waals surface area contributed by atoms with Crippen LogP contribution >= 0.6 is 23.1 Å². The molecular formula is C19H16ClFN4O2S. The summed E-state index contributed by atoms with van der Waals surface area (Å²) in [6, 6.07) is 11.7. The van der Waals surface area contributed by atoms with Gasteiger partial charge in [0, 0.05) is 10.6 Å². The maximum Gasteiger partial charge on any atom is 0.231 e. The Balaban J connectivity index is 1.66. The van der Waals surface area contributed by atoms with E-state index in [1.807, 2.05) is 25.1 Å². The number of nitrogens with one attached hydrogen (secondary N) is 2. The lowest BCUT2D eigenvalue weighted by Gasteiger charge is -2.11. The van der Waals surface area contributed by atoms with Gasteiger partial charge in [-0.2, -0.15) is 0 Å². The first-order valence-corrected chi connectivity index (χ1v) is 9.55. The zero-order chi connectivity index (χ0) is 19.7. The Morgan fingerprint density at radius 1 is 1.25 bits per heavy atom. The number of anilines is 1. The number of hydrogen-bond donors (Lipinski definition) is 2. The van der Waals surface area contributed by atoms with Gasteiger partial charge in [-0.3, -0.25) is 5.41 Å². The monoisotopic (exact) mass is 418 g/mol. The average Bonchev–Trinajstić information content (AvgIpc) is 3.26. The molecule has 0 aliphatic carbocycles. The van der Waals surface area contributed by atoms with Crippen LogP contribution in [0.3, 0.4) is 0 Å². The lowest BCUT2D eigenvalue weighted by Crippen LogP contribution is -2.28. The van der Waals surface area contributed by atoms with Crippen LogP contribution in [0.1, 0.15) is 10.4 Å². The fraction of sp³-hybridized carbons (Fsp3) is 0.158. The Labute approximate surface area is 169 Å². The number of hydrogen-bond acceptors (Lipinski definition) is 5. The maximum atomic E-state index is 13.5. The molecule has 0 amide bonds. The summed E-state index contributed by atoms with van der Waals surface area (Å²) in [6.07, 6.45) is 0. The maximum absolute atomic E-state index is 13.5. The standard InChI is InChI=1S/C19H16ClFN4O2S/c1-11-6-18(22)25(28-11)19(24-13-3-4-15(21)14(20)8-13)23-9-12-2-5-16-17(7-12)27-10-26-16/h2-8,22H,9-10H2,1H3,(H,23,24). The second-order valence-corrected chi connectivity index (χ2v) is 7.71. The number of aromatic nitrogens is 1. The van der Waals surface area contributed by atoms with Gasteiger partial charge in [-0.25, -0.2) is 13.3 Å². The van der Waals surface area contributed by atoms with E-state index in [-0.39, 0.29) is 11.8 Å². The summed E-state index contributed by atoms with van der Waals surface area (Å²) in [6.45, 7) is 2.49. The first-order valence-electron chi connectivity index (χ1n) is 8.39. The van der Waals surface area contributed by atoms with Crippen molar-refractivity contribution in [2.45, 2.75) is 13.5 Å². The van der Waals surface area contributed by atoms with E-state index in [1.165, 1.54) is 23.7 Å². The lowest BCUT2D eigenvalue weighted by atomic mass is 10.2. The van der Waals surface area contributed by atoms with E-state index in [4.69, 9.17) is 26.5 Å². The zero-order valence-electron chi connectivity index (χ0n) is 14.8. The molecule has 9 heteroatoms. The van der Waals surface area contributed by atoms with Crippen molar-refractivity contribution in [3.05, 3.63) is 69.2 Å². The van der Waals surface area contributed by atoms with Crippen molar-refractivity contribution < 1.29 is 13.9 Å². The van der Waals surface area contributed by atoms with E-state index in [9.17, 15) is 4.39 Å². The topological polar surface area (TPSA) is 71.6 Å². The van der Waals surface area contributed by atoms with Crippen LogP contribution in [0.4, 0.5) is 10.1 Å². The van der Waals surface area contributed by atoms with Crippen molar-refractivity contribution in [3.63, 3.8) is 0 Å². The minimum absolute atomic E-state index is 0.0126. The fourth-order valence-electron chi connectivity index (χ4n) is 2.69. The highest BCUT2D eigenvalue weighted by molar-refractivity contribution is 7.07. The Hall–Kier alpha value is -2.84. The lowest BCUT2D eigenvalue weighted by molar-refractivity contribution is 0.174. The van der Waals surface area contributed by atoms with Crippen molar-refractivity contribution in [2.24, 2.45) is 4.99 Å². The van der Waals surface area contributed by atoms with Gasteiger partial charge < -0.3 is 14.8 Å². The minimum atomic E-state index is -0.494. The Morgan fingerprint density at radius 2 is 2.07 bits per heavy atom. The highest BCUT2D eigenvalue weighted by Gasteiger charge is 2.14. The molecule has 0 atom stereocenters. The van der Waals surface area contributed by atoms with Crippen LogP contribution in [0.25, 0.3) is 0 Å². The summed E-state index contributed by atoms with van der Waals surface area (Å²) in [5.74, 6) is 1.35. The summed E-state index contributed by atoms with van der Waals surface area (Å²) >= 11 is 7.27. The van der Waals surface area contributed by atoms with Gasteiger partial charge in [-0.1, -0.05) is 29.2 Å². The molecule has 1 aliphatic heterocycles. The van der Waals surface area contributed by atoms with E-state index in [0.717, 1.165) is 10.4 Å². The highest BCUT2D eigenvalue weighted by Crippen LogP contribution is 2.32. The van der Waals surface area contributed by atoms with Crippen molar-refractivity contribution in [1.29, 1.82) is 5.41 Å². The van der Waals surface area contributed by atoms with E-state index in [1.54, 1.807) is 16.1 Å². The van der Waals surface area contributed by atoms with Gasteiger partial charge in [-0.05, 0) is 48.9 Å². The summed E-state index contributed by atoms with van der Waals surface area (Å²) in [7, 11) is 0. The Kier molecular flexibility index (Phi) is 5.06. The molecule has 144 valence electrons. The predicted octanol–water partition coefficient (Wildman–Crippen LogP) is 4.38. The SMILES string of the molecule is Cc1cc(=N)n(C(=NCc2ccc3c(c2)OCO3)Nc2ccc(F)c(Cl)c2)s1. The van der Waals surface area contributed by atoms with E-state index in [0.29, 0.717) is 35.2 Å². The number of aliphatic imine (C=N–C) groups is 1. The first kappa shape index (κ1) is 18.5. The molecule has 0 unspecified atom stereocenters. The third-order valence-electron chi connectivity index (χ3n) is 4.01. The summed E-state index contributed by atoms with van der Waals surface area (Å²) in [5.41, 5.74) is 1.81. The molecule has 3 aromatic rings. The van der Waals surface area contributed by atoms with Crippen LogP contribution in [0, 0.1) is 18.2 Å². The summed E-state index contributed by atoms with van der Waals surface area (Å²) in [5, 5.41) is 11.3.